The molecular formula is C17H18N2O2. The first-order valence-electron chi connectivity index (χ1n) is 7.34. The Kier molecular flexibility index (Phi) is 3.86. The summed E-state index contributed by atoms with van der Waals surface area (Å²) in [4.78, 5) is 27.1. The van der Waals surface area contributed by atoms with E-state index in [1.807, 2.05) is 12.1 Å². The minimum atomic E-state index is -0.278. The number of carbonyl (C=O) groups excluding carboxylic acids is 1. The maximum absolute atomic E-state index is 12.6. The Morgan fingerprint density at radius 3 is 2.33 bits per heavy atom. The predicted octanol–water partition coefficient (Wildman–Crippen LogP) is 2.53. The van der Waals surface area contributed by atoms with E-state index >= 15 is 0 Å². The molecule has 0 atom stereocenters. The zero-order valence-electron chi connectivity index (χ0n) is 11.9. The van der Waals surface area contributed by atoms with Crippen LogP contribution in [0.3, 0.4) is 0 Å². The van der Waals surface area contributed by atoms with Gasteiger partial charge >= 0.3 is 0 Å². The molecule has 1 aliphatic rings. The Hall–Kier alpha value is -2.36. The fourth-order valence-corrected chi connectivity index (χ4v) is 2.74. The SMILES string of the molecule is O=C(c1ccccc1)n1cccc(N2CCCCC2)c1=O. The van der Waals surface area contributed by atoms with Crippen LogP contribution in [0.15, 0.2) is 53.5 Å². The molecule has 0 aliphatic carbocycles. The van der Waals surface area contributed by atoms with Crippen LogP contribution in [0.1, 0.15) is 29.6 Å². The van der Waals surface area contributed by atoms with Gasteiger partial charge in [0.05, 0.1) is 0 Å². The average Bonchev–Trinajstić information content (AvgIpc) is 2.56. The van der Waals surface area contributed by atoms with Gasteiger partial charge in [-0.1, -0.05) is 18.2 Å². The molecule has 1 fully saturated rings. The van der Waals surface area contributed by atoms with Crippen LogP contribution in [-0.2, 0) is 0 Å². The number of carbonyl (C=O) groups is 1. The van der Waals surface area contributed by atoms with Gasteiger partial charge in [0.25, 0.3) is 11.5 Å². The number of hydrogen-bond donors (Lipinski definition) is 0. The highest BCUT2D eigenvalue weighted by atomic mass is 16.2. The topological polar surface area (TPSA) is 42.3 Å². The third-order valence-electron chi connectivity index (χ3n) is 3.86. The van der Waals surface area contributed by atoms with Crippen LogP contribution in [0, 0.1) is 0 Å². The number of anilines is 1. The van der Waals surface area contributed by atoms with E-state index in [0.717, 1.165) is 25.9 Å². The van der Waals surface area contributed by atoms with Gasteiger partial charge in [0, 0.05) is 24.8 Å². The van der Waals surface area contributed by atoms with Crippen LogP contribution < -0.4 is 10.5 Å². The summed E-state index contributed by atoms with van der Waals surface area (Å²) < 4.78 is 1.21. The van der Waals surface area contributed by atoms with Gasteiger partial charge in [-0.2, -0.15) is 0 Å². The molecule has 0 bridgehead atoms. The fraction of sp³-hybridized carbons (Fsp3) is 0.294. The Balaban J connectivity index is 1.97. The minimum absolute atomic E-state index is 0.228. The lowest BCUT2D eigenvalue weighted by molar-refractivity contribution is 0.0956. The van der Waals surface area contributed by atoms with E-state index in [4.69, 9.17) is 0 Å². The summed E-state index contributed by atoms with van der Waals surface area (Å²) in [6, 6.07) is 12.5. The molecular weight excluding hydrogens is 264 g/mol. The van der Waals surface area contributed by atoms with Crippen molar-refractivity contribution in [2.24, 2.45) is 0 Å². The number of aromatic nitrogens is 1. The molecule has 4 nitrogen and oxygen atoms in total. The maximum atomic E-state index is 12.6. The molecule has 2 heterocycles. The largest absolute Gasteiger partial charge is 0.367 e. The molecule has 1 aromatic heterocycles. The van der Waals surface area contributed by atoms with E-state index in [1.165, 1.54) is 11.0 Å². The van der Waals surface area contributed by atoms with Gasteiger partial charge in [0.15, 0.2) is 0 Å². The molecule has 2 aromatic rings. The molecule has 0 amide bonds. The number of piperidine rings is 1. The second kappa shape index (κ2) is 5.95. The highest BCUT2D eigenvalue weighted by Gasteiger charge is 2.17. The highest BCUT2D eigenvalue weighted by Crippen LogP contribution is 2.15. The Morgan fingerprint density at radius 1 is 0.905 bits per heavy atom. The highest BCUT2D eigenvalue weighted by molar-refractivity contribution is 5.96. The van der Waals surface area contributed by atoms with Gasteiger partial charge in [-0.3, -0.25) is 9.59 Å². The molecule has 0 spiro atoms. The fourth-order valence-electron chi connectivity index (χ4n) is 2.74. The molecule has 1 aromatic carbocycles. The molecule has 21 heavy (non-hydrogen) atoms. The van der Waals surface area contributed by atoms with E-state index in [2.05, 4.69) is 4.90 Å². The first kappa shape index (κ1) is 13.6. The van der Waals surface area contributed by atoms with Crippen LogP contribution in [0.25, 0.3) is 0 Å². The van der Waals surface area contributed by atoms with Gasteiger partial charge in [-0.15, -0.1) is 0 Å². The Morgan fingerprint density at radius 2 is 1.62 bits per heavy atom. The molecule has 1 saturated heterocycles. The summed E-state index contributed by atoms with van der Waals surface area (Å²) in [6.07, 6.45) is 4.95. The third kappa shape index (κ3) is 2.75. The monoisotopic (exact) mass is 282 g/mol. The normalized spacial score (nSPS) is 15.0. The van der Waals surface area contributed by atoms with Crippen molar-refractivity contribution >= 4 is 11.6 Å². The van der Waals surface area contributed by atoms with Crippen molar-refractivity contribution in [3.63, 3.8) is 0 Å². The first-order chi connectivity index (χ1) is 10.3. The summed E-state index contributed by atoms with van der Waals surface area (Å²) in [5.41, 5.74) is 0.921. The Bertz CT molecular complexity index is 685. The van der Waals surface area contributed by atoms with Crippen molar-refractivity contribution in [1.82, 2.24) is 4.57 Å². The molecule has 1 aliphatic heterocycles. The number of hydrogen-bond acceptors (Lipinski definition) is 3. The molecule has 4 heteroatoms. The van der Waals surface area contributed by atoms with Gasteiger partial charge < -0.3 is 4.90 Å². The minimum Gasteiger partial charge on any atom is -0.367 e. The molecule has 0 saturated carbocycles. The van der Waals surface area contributed by atoms with Crippen LogP contribution in [0.5, 0.6) is 0 Å². The molecule has 0 unspecified atom stereocenters. The number of benzene rings is 1. The van der Waals surface area contributed by atoms with Crippen molar-refractivity contribution in [3.8, 4) is 0 Å². The van der Waals surface area contributed by atoms with Crippen molar-refractivity contribution in [2.45, 2.75) is 19.3 Å². The van der Waals surface area contributed by atoms with Gasteiger partial charge in [-0.05, 0) is 43.5 Å². The first-order valence-corrected chi connectivity index (χ1v) is 7.34. The summed E-state index contributed by atoms with van der Waals surface area (Å²) >= 11 is 0. The third-order valence-corrected chi connectivity index (χ3v) is 3.86. The van der Waals surface area contributed by atoms with E-state index in [0.29, 0.717) is 11.3 Å². The summed E-state index contributed by atoms with van der Waals surface area (Å²) in [7, 11) is 0. The van der Waals surface area contributed by atoms with E-state index in [1.54, 1.807) is 36.5 Å². The molecule has 3 rings (SSSR count). The Labute approximate surface area is 123 Å². The second-order valence-electron chi connectivity index (χ2n) is 5.29. The van der Waals surface area contributed by atoms with Gasteiger partial charge in [0.1, 0.15) is 5.69 Å². The number of nitrogens with zero attached hydrogens (tertiary/aromatic N) is 2. The molecule has 108 valence electrons. The second-order valence-corrected chi connectivity index (χ2v) is 5.29. The molecule has 0 radical (unpaired) electrons. The van der Waals surface area contributed by atoms with Crippen LogP contribution in [0.2, 0.25) is 0 Å². The number of pyridine rings is 1. The smallest absolute Gasteiger partial charge is 0.281 e. The average molecular weight is 282 g/mol. The lowest BCUT2D eigenvalue weighted by Crippen LogP contribution is -2.37. The van der Waals surface area contributed by atoms with E-state index < -0.39 is 0 Å². The maximum Gasteiger partial charge on any atom is 0.281 e. The zero-order chi connectivity index (χ0) is 14.7. The lowest BCUT2D eigenvalue weighted by atomic mass is 10.1. The van der Waals surface area contributed by atoms with E-state index in [-0.39, 0.29) is 11.5 Å². The van der Waals surface area contributed by atoms with Crippen LogP contribution >= 0.6 is 0 Å². The quantitative estimate of drug-likeness (QED) is 0.850. The van der Waals surface area contributed by atoms with Gasteiger partial charge in [-0.25, -0.2) is 4.57 Å². The summed E-state index contributed by atoms with van der Waals surface area (Å²) in [5.74, 6) is -0.278. The van der Waals surface area contributed by atoms with Crippen molar-refractivity contribution in [3.05, 3.63) is 64.6 Å². The van der Waals surface area contributed by atoms with Crippen molar-refractivity contribution in [1.29, 1.82) is 0 Å². The van der Waals surface area contributed by atoms with Crippen LogP contribution in [-0.4, -0.2) is 23.6 Å². The lowest BCUT2D eigenvalue weighted by Gasteiger charge is -2.28. The molecule has 0 N–H and O–H groups in total. The number of rotatable bonds is 2. The summed E-state index contributed by atoms with van der Waals surface area (Å²) in [5, 5.41) is 0. The standard InChI is InChI=1S/C17H18N2O2/c20-16(14-8-3-1-4-9-14)19-13-7-10-15(17(19)21)18-11-5-2-6-12-18/h1,3-4,7-10,13H,2,5-6,11-12H2. The van der Waals surface area contributed by atoms with Crippen molar-refractivity contribution < 1.29 is 4.79 Å². The van der Waals surface area contributed by atoms with Crippen LogP contribution in [0.4, 0.5) is 5.69 Å². The van der Waals surface area contributed by atoms with Gasteiger partial charge in [0.2, 0.25) is 0 Å². The predicted molar refractivity (Wildman–Crippen MR) is 82.9 cm³/mol. The van der Waals surface area contributed by atoms with Crippen molar-refractivity contribution in [2.75, 3.05) is 18.0 Å². The van der Waals surface area contributed by atoms with E-state index in [9.17, 15) is 9.59 Å². The zero-order valence-corrected chi connectivity index (χ0v) is 11.9. The summed E-state index contributed by atoms with van der Waals surface area (Å²) in [6.45, 7) is 1.78.